The molecule has 0 heterocycles. The van der Waals surface area contributed by atoms with Crippen molar-refractivity contribution in [2.45, 2.75) is 6.54 Å². The molecule has 0 saturated carbocycles. The van der Waals surface area contributed by atoms with Gasteiger partial charge in [-0.1, -0.05) is 28.1 Å². The number of nitrogens with one attached hydrogen (secondary N) is 1. The molecule has 0 aliphatic heterocycles. The van der Waals surface area contributed by atoms with Crippen molar-refractivity contribution in [2.24, 2.45) is 0 Å². The smallest absolute Gasteiger partial charge is 0.273 e. The quantitative estimate of drug-likeness (QED) is 0.811. The van der Waals surface area contributed by atoms with E-state index in [0.717, 1.165) is 10.0 Å². The molecular formula is C7H8BrNO3S. The van der Waals surface area contributed by atoms with Crippen molar-refractivity contribution < 1.29 is 13.0 Å². The van der Waals surface area contributed by atoms with Crippen LogP contribution in [0.3, 0.4) is 0 Å². The molecule has 0 aliphatic carbocycles. The molecule has 4 nitrogen and oxygen atoms in total. The highest BCUT2D eigenvalue weighted by Crippen LogP contribution is 2.10. The molecule has 0 aliphatic rings. The fourth-order valence-corrected chi connectivity index (χ4v) is 1.39. The first-order valence-corrected chi connectivity index (χ1v) is 5.67. The molecule has 1 aromatic rings. The van der Waals surface area contributed by atoms with Crippen molar-refractivity contribution in [1.82, 2.24) is 4.72 Å². The van der Waals surface area contributed by atoms with E-state index in [0.29, 0.717) is 0 Å². The normalized spacial score (nSPS) is 11.5. The summed E-state index contributed by atoms with van der Waals surface area (Å²) in [5.74, 6) is 0. The molecule has 0 saturated heterocycles. The molecule has 0 bridgehead atoms. The Bertz CT molecular complexity index is 373. The third-order valence-corrected chi connectivity index (χ3v) is 2.41. The van der Waals surface area contributed by atoms with Gasteiger partial charge in [0.25, 0.3) is 0 Å². The molecule has 1 rings (SSSR count). The van der Waals surface area contributed by atoms with Crippen LogP contribution in [-0.2, 0) is 16.8 Å². The largest absolute Gasteiger partial charge is 0.333 e. The van der Waals surface area contributed by atoms with Crippen LogP contribution < -0.4 is 4.72 Å². The standard InChI is InChI=1S/C7H8BrNO3S/c8-7-3-1-6(2-4-7)5-9-13(10,11)12/h1-4,9H,5H2,(H,10,11,12). The lowest BCUT2D eigenvalue weighted by Gasteiger charge is -2.00. The lowest BCUT2D eigenvalue weighted by atomic mass is 10.2. The van der Waals surface area contributed by atoms with E-state index >= 15 is 0 Å². The Morgan fingerprint density at radius 3 is 2.31 bits per heavy atom. The van der Waals surface area contributed by atoms with Gasteiger partial charge in [-0.15, -0.1) is 0 Å². The van der Waals surface area contributed by atoms with E-state index in [-0.39, 0.29) is 6.54 Å². The zero-order valence-electron chi connectivity index (χ0n) is 6.57. The lowest BCUT2D eigenvalue weighted by Crippen LogP contribution is -2.21. The summed E-state index contributed by atoms with van der Waals surface area (Å²) in [6.45, 7) is 0.0894. The average molecular weight is 266 g/mol. The summed E-state index contributed by atoms with van der Waals surface area (Å²) in [6, 6.07) is 7.09. The summed E-state index contributed by atoms with van der Waals surface area (Å²) < 4.78 is 31.9. The van der Waals surface area contributed by atoms with E-state index in [2.05, 4.69) is 15.9 Å². The first-order chi connectivity index (χ1) is 5.97. The molecule has 1 aromatic carbocycles. The second kappa shape index (κ2) is 4.19. The van der Waals surface area contributed by atoms with Gasteiger partial charge in [0, 0.05) is 11.0 Å². The molecule has 0 amide bonds. The average Bonchev–Trinajstić information content (AvgIpc) is 2.02. The molecule has 0 aromatic heterocycles. The third-order valence-electron chi connectivity index (χ3n) is 1.37. The summed E-state index contributed by atoms with van der Waals surface area (Å²) in [5.41, 5.74) is 0.779. The van der Waals surface area contributed by atoms with Crippen molar-refractivity contribution >= 4 is 26.2 Å². The van der Waals surface area contributed by atoms with Gasteiger partial charge in [-0.25, -0.2) is 0 Å². The Balaban J connectivity index is 2.61. The minimum absolute atomic E-state index is 0.0894. The van der Waals surface area contributed by atoms with Gasteiger partial charge >= 0.3 is 10.3 Å². The third kappa shape index (κ3) is 4.37. The van der Waals surface area contributed by atoms with Crippen molar-refractivity contribution in [1.29, 1.82) is 0 Å². The Morgan fingerprint density at radius 2 is 1.85 bits per heavy atom. The molecule has 0 fully saturated rings. The molecule has 0 unspecified atom stereocenters. The predicted molar refractivity (Wildman–Crippen MR) is 52.5 cm³/mol. The molecule has 0 radical (unpaired) electrons. The van der Waals surface area contributed by atoms with Gasteiger partial charge in [0.05, 0.1) is 0 Å². The second-order valence-electron chi connectivity index (χ2n) is 2.42. The minimum Gasteiger partial charge on any atom is -0.273 e. The van der Waals surface area contributed by atoms with Crippen molar-refractivity contribution in [3.8, 4) is 0 Å². The molecular weight excluding hydrogens is 258 g/mol. The van der Waals surface area contributed by atoms with Crippen molar-refractivity contribution in [3.05, 3.63) is 34.3 Å². The van der Waals surface area contributed by atoms with Gasteiger partial charge in [-0.2, -0.15) is 13.1 Å². The monoisotopic (exact) mass is 265 g/mol. The van der Waals surface area contributed by atoms with Crippen LogP contribution in [0.15, 0.2) is 28.7 Å². The number of rotatable bonds is 3. The van der Waals surface area contributed by atoms with Crippen LogP contribution in [0.25, 0.3) is 0 Å². The zero-order chi connectivity index (χ0) is 9.90. The molecule has 0 atom stereocenters. The van der Waals surface area contributed by atoms with Crippen LogP contribution >= 0.6 is 15.9 Å². The van der Waals surface area contributed by atoms with E-state index in [1.54, 1.807) is 24.3 Å². The Morgan fingerprint density at radius 1 is 1.31 bits per heavy atom. The van der Waals surface area contributed by atoms with Gasteiger partial charge in [0.1, 0.15) is 0 Å². The van der Waals surface area contributed by atoms with E-state index in [9.17, 15) is 8.42 Å². The van der Waals surface area contributed by atoms with Gasteiger partial charge < -0.3 is 0 Å². The Labute approximate surface area is 85.0 Å². The Kier molecular flexibility index (Phi) is 3.43. The topological polar surface area (TPSA) is 66.4 Å². The van der Waals surface area contributed by atoms with Crippen LogP contribution in [0, 0.1) is 0 Å². The maximum atomic E-state index is 10.3. The molecule has 2 N–H and O–H groups in total. The van der Waals surface area contributed by atoms with E-state index in [4.69, 9.17) is 4.55 Å². The molecule has 0 spiro atoms. The van der Waals surface area contributed by atoms with E-state index in [1.807, 2.05) is 4.72 Å². The fourth-order valence-electron chi connectivity index (χ4n) is 0.777. The lowest BCUT2D eigenvalue weighted by molar-refractivity contribution is 0.467. The van der Waals surface area contributed by atoms with Crippen LogP contribution in [0.4, 0.5) is 0 Å². The minimum atomic E-state index is -4.09. The highest BCUT2D eigenvalue weighted by Gasteiger charge is 2.01. The van der Waals surface area contributed by atoms with Crippen molar-refractivity contribution in [3.63, 3.8) is 0 Å². The van der Waals surface area contributed by atoms with E-state index < -0.39 is 10.3 Å². The number of hydrogen-bond acceptors (Lipinski definition) is 2. The summed E-state index contributed by atoms with van der Waals surface area (Å²) in [4.78, 5) is 0. The molecule has 72 valence electrons. The summed E-state index contributed by atoms with van der Waals surface area (Å²) in [5, 5.41) is 0. The van der Waals surface area contributed by atoms with Crippen LogP contribution in [0.5, 0.6) is 0 Å². The second-order valence-corrected chi connectivity index (χ2v) is 4.58. The Hall–Kier alpha value is -0.430. The first-order valence-electron chi connectivity index (χ1n) is 3.44. The van der Waals surface area contributed by atoms with Gasteiger partial charge in [-0.3, -0.25) is 4.55 Å². The van der Waals surface area contributed by atoms with E-state index in [1.165, 1.54) is 0 Å². The molecule has 13 heavy (non-hydrogen) atoms. The predicted octanol–water partition coefficient (Wildman–Crippen LogP) is 1.34. The first kappa shape index (κ1) is 10.6. The van der Waals surface area contributed by atoms with Gasteiger partial charge in [0.2, 0.25) is 0 Å². The van der Waals surface area contributed by atoms with Crippen LogP contribution in [0.1, 0.15) is 5.56 Å². The summed E-state index contributed by atoms with van der Waals surface area (Å²) in [7, 11) is -4.09. The highest BCUT2D eigenvalue weighted by atomic mass is 79.9. The maximum Gasteiger partial charge on any atom is 0.333 e. The summed E-state index contributed by atoms with van der Waals surface area (Å²) >= 11 is 3.25. The van der Waals surface area contributed by atoms with Gasteiger partial charge in [0.15, 0.2) is 0 Å². The number of benzene rings is 1. The van der Waals surface area contributed by atoms with Crippen LogP contribution in [0.2, 0.25) is 0 Å². The molecule has 6 heteroatoms. The number of halogens is 1. The zero-order valence-corrected chi connectivity index (χ0v) is 8.97. The van der Waals surface area contributed by atoms with Crippen LogP contribution in [-0.4, -0.2) is 13.0 Å². The van der Waals surface area contributed by atoms with Crippen molar-refractivity contribution in [2.75, 3.05) is 0 Å². The highest BCUT2D eigenvalue weighted by molar-refractivity contribution is 9.10. The fraction of sp³-hybridized carbons (Fsp3) is 0.143. The maximum absolute atomic E-state index is 10.3. The summed E-state index contributed by atoms with van der Waals surface area (Å²) in [6.07, 6.45) is 0. The number of hydrogen-bond donors (Lipinski definition) is 2. The SMILES string of the molecule is O=S(=O)(O)NCc1ccc(Br)cc1. The van der Waals surface area contributed by atoms with Gasteiger partial charge in [-0.05, 0) is 17.7 Å².